The molecule has 0 radical (unpaired) electrons. The first-order valence-corrected chi connectivity index (χ1v) is 7.31. The van der Waals surface area contributed by atoms with Crippen LogP contribution in [0.1, 0.15) is 21.5 Å². The molecule has 23 heavy (non-hydrogen) atoms. The summed E-state index contributed by atoms with van der Waals surface area (Å²) in [5.74, 6) is -0.651. The van der Waals surface area contributed by atoms with Gasteiger partial charge in [0.1, 0.15) is 0 Å². The van der Waals surface area contributed by atoms with E-state index in [-0.39, 0.29) is 5.91 Å². The molecule has 2 aromatic carbocycles. The third-order valence-electron chi connectivity index (χ3n) is 3.28. The lowest BCUT2D eigenvalue weighted by Crippen LogP contribution is -2.09. The minimum atomic E-state index is -0.394. The van der Waals surface area contributed by atoms with E-state index in [2.05, 4.69) is 10.1 Å². The van der Waals surface area contributed by atoms with E-state index >= 15 is 0 Å². The van der Waals surface area contributed by atoms with Crippen LogP contribution in [0.2, 0.25) is 5.02 Å². The molecule has 2 aromatic rings. The summed E-state index contributed by atoms with van der Waals surface area (Å²) < 4.78 is 4.63. The van der Waals surface area contributed by atoms with Gasteiger partial charge < -0.3 is 10.1 Å². The predicted octanol–water partition coefficient (Wildman–Crippen LogP) is 4.09. The molecular weight excluding hydrogens is 314 g/mol. The van der Waals surface area contributed by atoms with Crippen molar-refractivity contribution in [2.24, 2.45) is 0 Å². The Balaban J connectivity index is 2.03. The zero-order valence-corrected chi connectivity index (χ0v) is 13.6. The van der Waals surface area contributed by atoms with E-state index in [4.69, 9.17) is 11.6 Å². The summed E-state index contributed by atoms with van der Waals surface area (Å²) in [5.41, 5.74) is 2.76. The van der Waals surface area contributed by atoms with Gasteiger partial charge in [-0.3, -0.25) is 4.79 Å². The molecular formula is C18H16ClNO3. The Bertz CT molecular complexity index is 751. The van der Waals surface area contributed by atoms with Crippen LogP contribution in [0.3, 0.4) is 0 Å². The number of rotatable bonds is 4. The van der Waals surface area contributed by atoms with Gasteiger partial charge in [-0.2, -0.15) is 0 Å². The minimum Gasteiger partial charge on any atom is -0.465 e. The van der Waals surface area contributed by atoms with Gasteiger partial charge in [-0.05, 0) is 48.4 Å². The topological polar surface area (TPSA) is 55.4 Å². The number of benzene rings is 2. The molecule has 0 aromatic heterocycles. The van der Waals surface area contributed by atoms with Crippen LogP contribution in [-0.2, 0) is 9.53 Å². The number of carbonyl (C=O) groups is 2. The highest BCUT2D eigenvalue weighted by Gasteiger charge is 2.05. The van der Waals surface area contributed by atoms with Crippen LogP contribution in [0, 0.1) is 6.92 Å². The highest BCUT2D eigenvalue weighted by molar-refractivity contribution is 6.31. The minimum absolute atomic E-state index is 0.257. The van der Waals surface area contributed by atoms with Crippen LogP contribution in [0.15, 0.2) is 48.5 Å². The molecule has 0 spiro atoms. The molecule has 0 saturated carbocycles. The van der Waals surface area contributed by atoms with E-state index in [0.717, 1.165) is 11.1 Å². The summed E-state index contributed by atoms with van der Waals surface area (Å²) in [6, 6.07) is 12.1. The Labute approximate surface area is 139 Å². The van der Waals surface area contributed by atoms with E-state index < -0.39 is 5.97 Å². The smallest absolute Gasteiger partial charge is 0.337 e. The standard InChI is InChI=1S/C18H16ClNO3/c1-12-15(19)4-3-5-16(12)20-17(21)11-8-13-6-9-14(10-7-13)18(22)23-2/h3-11H,1-2H3,(H,20,21)/b11-8+. The van der Waals surface area contributed by atoms with Gasteiger partial charge in [0.05, 0.1) is 12.7 Å². The maximum Gasteiger partial charge on any atom is 0.337 e. The van der Waals surface area contributed by atoms with Gasteiger partial charge in [0, 0.05) is 16.8 Å². The number of hydrogen-bond donors (Lipinski definition) is 1. The Morgan fingerprint density at radius 3 is 2.48 bits per heavy atom. The molecule has 0 bridgehead atoms. The van der Waals surface area contributed by atoms with Gasteiger partial charge in [0.2, 0.25) is 5.91 Å². The molecule has 1 amide bonds. The Morgan fingerprint density at radius 2 is 1.83 bits per heavy atom. The lowest BCUT2D eigenvalue weighted by atomic mass is 10.1. The molecule has 0 heterocycles. The second-order valence-electron chi connectivity index (χ2n) is 4.85. The van der Waals surface area contributed by atoms with Crippen molar-refractivity contribution < 1.29 is 14.3 Å². The van der Waals surface area contributed by atoms with Gasteiger partial charge in [-0.25, -0.2) is 4.79 Å². The van der Waals surface area contributed by atoms with E-state index in [9.17, 15) is 9.59 Å². The van der Waals surface area contributed by atoms with E-state index in [1.165, 1.54) is 13.2 Å². The maximum absolute atomic E-state index is 12.0. The largest absolute Gasteiger partial charge is 0.465 e. The number of esters is 1. The molecule has 0 saturated heterocycles. The normalized spacial score (nSPS) is 10.6. The lowest BCUT2D eigenvalue weighted by Gasteiger charge is -2.07. The maximum atomic E-state index is 12.0. The molecule has 0 aliphatic rings. The fraction of sp³-hybridized carbons (Fsp3) is 0.111. The third kappa shape index (κ3) is 4.44. The average molecular weight is 330 g/mol. The number of halogens is 1. The zero-order valence-electron chi connectivity index (χ0n) is 12.8. The molecule has 0 aliphatic heterocycles. The van der Waals surface area contributed by atoms with Gasteiger partial charge in [0.15, 0.2) is 0 Å². The Hall–Kier alpha value is -2.59. The first kappa shape index (κ1) is 16.8. The molecule has 1 N–H and O–H groups in total. The van der Waals surface area contributed by atoms with Crippen molar-refractivity contribution in [3.63, 3.8) is 0 Å². The summed E-state index contributed by atoms with van der Waals surface area (Å²) in [5, 5.41) is 3.38. The van der Waals surface area contributed by atoms with Crippen LogP contribution in [0.4, 0.5) is 5.69 Å². The van der Waals surface area contributed by atoms with E-state index in [1.807, 2.05) is 6.92 Å². The van der Waals surface area contributed by atoms with Crippen LogP contribution in [-0.4, -0.2) is 19.0 Å². The van der Waals surface area contributed by atoms with Crippen molar-refractivity contribution in [3.05, 3.63) is 70.3 Å². The van der Waals surface area contributed by atoms with Crippen LogP contribution < -0.4 is 5.32 Å². The number of anilines is 1. The van der Waals surface area contributed by atoms with Crippen molar-refractivity contribution in [2.75, 3.05) is 12.4 Å². The predicted molar refractivity (Wildman–Crippen MR) is 91.6 cm³/mol. The highest BCUT2D eigenvalue weighted by atomic mass is 35.5. The molecule has 5 heteroatoms. The van der Waals surface area contributed by atoms with Gasteiger partial charge in [-0.15, -0.1) is 0 Å². The quantitative estimate of drug-likeness (QED) is 0.679. The molecule has 0 unspecified atom stereocenters. The fourth-order valence-electron chi connectivity index (χ4n) is 1.94. The Morgan fingerprint density at radius 1 is 1.13 bits per heavy atom. The lowest BCUT2D eigenvalue weighted by molar-refractivity contribution is -0.111. The summed E-state index contributed by atoms with van der Waals surface area (Å²) in [4.78, 5) is 23.3. The van der Waals surface area contributed by atoms with Crippen LogP contribution >= 0.6 is 11.6 Å². The number of methoxy groups -OCH3 is 1. The number of nitrogens with one attached hydrogen (secondary N) is 1. The van der Waals surface area contributed by atoms with Gasteiger partial charge >= 0.3 is 5.97 Å². The van der Waals surface area contributed by atoms with Crippen molar-refractivity contribution in [3.8, 4) is 0 Å². The number of ether oxygens (including phenoxy) is 1. The average Bonchev–Trinajstić information content (AvgIpc) is 2.57. The van der Waals surface area contributed by atoms with Crippen molar-refractivity contribution >= 4 is 35.2 Å². The fourth-order valence-corrected chi connectivity index (χ4v) is 2.11. The summed E-state index contributed by atoms with van der Waals surface area (Å²) in [6.45, 7) is 1.84. The second kappa shape index (κ2) is 7.61. The highest BCUT2D eigenvalue weighted by Crippen LogP contribution is 2.22. The molecule has 4 nitrogen and oxygen atoms in total. The molecule has 0 aliphatic carbocycles. The number of carbonyl (C=O) groups excluding carboxylic acids is 2. The van der Waals surface area contributed by atoms with Crippen molar-refractivity contribution in [2.45, 2.75) is 6.92 Å². The molecule has 118 valence electrons. The van der Waals surface area contributed by atoms with E-state index in [1.54, 1.807) is 48.5 Å². The van der Waals surface area contributed by atoms with Crippen LogP contribution in [0.25, 0.3) is 6.08 Å². The Kier molecular flexibility index (Phi) is 5.55. The van der Waals surface area contributed by atoms with Crippen molar-refractivity contribution in [1.29, 1.82) is 0 Å². The number of hydrogen-bond acceptors (Lipinski definition) is 3. The van der Waals surface area contributed by atoms with E-state index in [0.29, 0.717) is 16.3 Å². The first-order chi connectivity index (χ1) is 11.0. The third-order valence-corrected chi connectivity index (χ3v) is 3.69. The van der Waals surface area contributed by atoms with Gasteiger partial charge in [-0.1, -0.05) is 29.8 Å². The molecule has 2 rings (SSSR count). The summed E-state index contributed by atoms with van der Waals surface area (Å²) in [7, 11) is 1.33. The van der Waals surface area contributed by atoms with Gasteiger partial charge in [0.25, 0.3) is 0 Å². The van der Waals surface area contributed by atoms with Crippen molar-refractivity contribution in [1.82, 2.24) is 0 Å². The summed E-state index contributed by atoms with van der Waals surface area (Å²) >= 11 is 6.02. The first-order valence-electron chi connectivity index (χ1n) is 6.94. The van der Waals surface area contributed by atoms with Crippen LogP contribution in [0.5, 0.6) is 0 Å². The molecule has 0 fully saturated rings. The second-order valence-corrected chi connectivity index (χ2v) is 5.26. The SMILES string of the molecule is COC(=O)c1ccc(/C=C/C(=O)Nc2cccc(Cl)c2C)cc1. The zero-order chi connectivity index (χ0) is 16.8. The number of amides is 1. The summed E-state index contributed by atoms with van der Waals surface area (Å²) in [6.07, 6.45) is 3.09. The molecule has 0 atom stereocenters. The monoisotopic (exact) mass is 329 g/mol.